The molecule has 11 heavy (non-hydrogen) atoms. The Balaban J connectivity index is 3.25. The normalized spacial score (nSPS) is 9.82. The van der Waals surface area contributed by atoms with Crippen LogP contribution in [0.4, 0.5) is 5.69 Å². The summed E-state index contributed by atoms with van der Waals surface area (Å²) in [5.41, 5.74) is 3.56. The molecule has 60 valence electrons. The van der Waals surface area contributed by atoms with E-state index in [0.717, 1.165) is 5.02 Å². The van der Waals surface area contributed by atoms with Gasteiger partial charge in [0, 0.05) is 17.8 Å². The zero-order valence-electron chi connectivity index (χ0n) is 7.03. The number of hydrogen-bond acceptors (Lipinski definition) is 1. The predicted molar refractivity (Wildman–Crippen MR) is 50.5 cm³/mol. The molecule has 1 aromatic carbocycles. The molecule has 0 saturated carbocycles. The van der Waals surface area contributed by atoms with Crippen LogP contribution in [0, 0.1) is 13.8 Å². The van der Waals surface area contributed by atoms with E-state index in [1.54, 1.807) is 0 Å². The third kappa shape index (κ3) is 1.66. The van der Waals surface area contributed by atoms with Gasteiger partial charge in [-0.2, -0.15) is 0 Å². The Labute approximate surface area is 72.4 Å². The summed E-state index contributed by atoms with van der Waals surface area (Å²) >= 11 is 5.85. The van der Waals surface area contributed by atoms with Gasteiger partial charge in [0.15, 0.2) is 0 Å². The summed E-state index contributed by atoms with van der Waals surface area (Å²) < 4.78 is 0. The van der Waals surface area contributed by atoms with Crippen LogP contribution in [0.1, 0.15) is 11.1 Å². The van der Waals surface area contributed by atoms with Gasteiger partial charge in [-0.3, -0.25) is 0 Å². The van der Waals surface area contributed by atoms with Crippen molar-refractivity contribution in [1.82, 2.24) is 0 Å². The summed E-state index contributed by atoms with van der Waals surface area (Å²) in [6.07, 6.45) is 0. The largest absolute Gasteiger partial charge is 0.388 e. The van der Waals surface area contributed by atoms with Gasteiger partial charge < -0.3 is 5.32 Å². The highest BCUT2D eigenvalue weighted by Gasteiger charge is 2.00. The maximum Gasteiger partial charge on any atom is 0.0412 e. The summed E-state index contributed by atoms with van der Waals surface area (Å²) in [4.78, 5) is 0. The lowest BCUT2D eigenvalue weighted by atomic mass is 10.1. The van der Waals surface area contributed by atoms with Crippen molar-refractivity contribution in [3.63, 3.8) is 0 Å². The third-order valence-electron chi connectivity index (χ3n) is 1.75. The number of benzene rings is 1. The number of aryl methyl sites for hydroxylation is 2. The Bertz CT molecular complexity index is 245. The van der Waals surface area contributed by atoms with Crippen LogP contribution in [-0.4, -0.2) is 7.05 Å². The zero-order valence-corrected chi connectivity index (χ0v) is 7.79. The van der Waals surface area contributed by atoms with E-state index in [2.05, 4.69) is 5.32 Å². The standard InChI is InChI=1S/C9H12ClN/c1-6-4-8(10)5-7(2)9(6)11-3/h4-5,11H,1-3H3. The highest BCUT2D eigenvalue weighted by atomic mass is 35.5. The first-order valence-electron chi connectivity index (χ1n) is 3.59. The molecular weight excluding hydrogens is 158 g/mol. The van der Waals surface area contributed by atoms with Gasteiger partial charge in [0.25, 0.3) is 0 Å². The maximum atomic E-state index is 5.85. The van der Waals surface area contributed by atoms with Crippen LogP contribution in [0.3, 0.4) is 0 Å². The van der Waals surface area contributed by atoms with Crippen molar-refractivity contribution in [2.45, 2.75) is 13.8 Å². The monoisotopic (exact) mass is 169 g/mol. The summed E-state index contributed by atoms with van der Waals surface area (Å²) in [6, 6.07) is 3.92. The Morgan fingerprint density at radius 3 is 2.00 bits per heavy atom. The van der Waals surface area contributed by atoms with Gasteiger partial charge in [-0.05, 0) is 37.1 Å². The summed E-state index contributed by atoms with van der Waals surface area (Å²) in [5.74, 6) is 0. The summed E-state index contributed by atoms with van der Waals surface area (Å²) in [6.45, 7) is 4.09. The lowest BCUT2D eigenvalue weighted by Gasteiger charge is -2.08. The van der Waals surface area contributed by atoms with Crippen molar-refractivity contribution in [1.29, 1.82) is 0 Å². The molecule has 2 heteroatoms. The van der Waals surface area contributed by atoms with Gasteiger partial charge >= 0.3 is 0 Å². The fourth-order valence-electron chi connectivity index (χ4n) is 1.31. The summed E-state index contributed by atoms with van der Waals surface area (Å²) in [7, 11) is 1.92. The SMILES string of the molecule is CNc1c(C)cc(Cl)cc1C. The quantitative estimate of drug-likeness (QED) is 0.682. The fourth-order valence-corrected chi connectivity index (χ4v) is 1.63. The molecule has 1 nitrogen and oxygen atoms in total. The predicted octanol–water partition coefficient (Wildman–Crippen LogP) is 3.00. The molecule has 1 rings (SSSR count). The van der Waals surface area contributed by atoms with E-state index in [9.17, 15) is 0 Å². The molecule has 0 saturated heterocycles. The average molecular weight is 170 g/mol. The van der Waals surface area contributed by atoms with Crippen molar-refractivity contribution in [3.05, 3.63) is 28.3 Å². The van der Waals surface area contributed by atoms with E-state index in [-0.39, 0.29) is 0 Å². The molecule has 0 aliphatic carbocycles. The highest BCUT2D eigenvalue weighted by molar-refractivity contribution is 6.30. The van der Waals surface area contributed by atoms with Crippen LogP contribution < -0.4 is 5.32 Å². The molecule has 0 aromatic heterocycles. The minimum absolute atomic E-state index is 0.805. The molecule has 0 heterocycles. The first-order valence-corrected chi connectivity index (χ1v) is 3.97. The van der Waals surface area contributed by atoms with E-state index in [1.807, 2.05) is 33.0 Å². The van der Waals surface area contributed by atoms with Crippen LogP contribution in [0.15, 0.2) is 12.1 Å². The minimum atomic E-state index is 0.805. The van der Waals surface area contributed by atoms with E-state index in [0.29, 0.717) is 0 Å². The smallest absolute Gasteiger partial charge is 0.0412 e. The molecule has 0 unspecified atom stereocenters. The first kappa shape index (κ1) is 8.41. The number of anilines is 1. The van der Waals surface area contributed by atoms with Gasteiger partial charge in [-0.15, -0.1) is 0 Å². The fraction of sp³-hybridized carbons (Fsp3) is 0.333. The Morgan fingerprint density at radius 1 is 1.18 bits per heavy atom. The lowest BCUT2D eigenvalue weighted by molar-refractivity contribution is 1.34. The van der Waals surface area contributed by atoms with Gasteiger partial charge in [-0.1, -0.05) is 11.6 Å². The Kier molecular flexibility index (Phi) is 2.40. The average Bonchev–Trinajstić information content (AvgIpc) is 1.85. The van der Waals surface area contributed by atoms with E-state index in [4.69, 9.17) is 11.6 Å². The molecule has 0 spiro atoms. The number of halogens is 1. The molecule has 0 aliphatic rings. The Morgan fingerprint density at radius 2 is 1.64 bits per heavy atom. The molecule has 1 N–H and O–H groups in total. The second-order valence-electron chi connectivity index (χ2n) is 2.66. The van der Waals surface area contributed by atoms with Crippen molar-refractivity contribution >= 4 is 17.3 Å². The van der Waals surface area contributed by atoms with Gasteiger partial charge in [0.05, 0.1) is 0 Å². The molecule has 0 fully saturated rings. The zero-order chi connectivity index (χ0) is 8.43. The molecule has 1 aromatic rings. The molecular formula is C9H12ClN. The van der Waals surface area contributed by atoms with Crippen molar-refractivity contribution < 1.29 is 0 Å². The molecule has 0 atom stereocenters. The highest BCUT2D eigenvalue weighted by Crippen LogP contribution is 2.23. The van der Waals surface area contributed by atoms with Crippen molar-refractivity contribution in [2.75, 3.05) is 12.4 Å². The minimum Gasteiger partial charge on any atom is -0.388 e. The molecule has 0 radical (unpaired) electrons. The van der Waals surface area contributed by atoms with E-state index in [1.165, 1.54) is 16.8 Å². The van der Waals surface area contributed by atoms with Crippen LogP contribution >= 0.6 is 11.6 Å². The molecule has 0 amide bonds. The number of nitrogens with one attached hydrogen (secondary N) is 1. The molecule has 0 aliphatic heterocycles. The first-order chi connectivity index (χ1) is 5.15. The van der Waals surface area contributed by atoms with E-state index >= 15 is 0 Å². The maximum absolute atomic E-state index is 5.85. The van der Waals surface area contributed by atoms with Gasteiger partial charge in [0.1, 0.15) is 0 Å². The summed E-state index contributed by atoms with van der Waals surface area (Å²) in [5, 5.41) is 3.94. The van der Waals surface area contributed by atoms with E-state index < -0.39 is 0 Å². The second-order valence-corrected chi connectivity index (χ2v) is 3.10. The molecule has 0 bridgehead atoms. The van der Waals surface area contributed by atoms with Crippen LogP contribution in [0.5, 0.6) is 0 Å². The van der Waals surface area contributed by atoms with Crippen LogP contribution in [-0.2, 0) is 0 Å². The van der Waals surface area contributed by atoms with Crippen LogP contribution in [0.2, 0.25) is 5.02 Å². The van der Waals surface area contributed by atoms with Crippen LogP contribution in [0.25, 0.3) is 0 Å². The Hall–Kier alpha value is -0.690. The van der Waals surface area contributed by atoms with Crippen molar-refractivity contribution in [2.24, 2.45) is 0 Å². The topological polar surface area (TPSA) is 12.0 Å². The van der Waals surface area contributed by atoms with Gasteiger partial charge in [-0.25, -0.2) is 0 Å². The van der Waals surface area contributed by atoms with Gasteiger partial charge in [0.2, 0.25) is 0 Å². The number of hydrogen-bond donors (Lipinski definition) is 1. The lowest BCUT2D eigenvalue weighted by Crippen LogP contribution is -1.94. The second kappa shape index (κ2) is 3.14. The third-order valence-corrected chi connectivity index (χ3v) is 1.97. The number of rotatable bonds is 1. The van der Waals surface area contributed by atoms with Crippen molar-refractivity contribution in [3.8, 4) is 0 Å².